The third-order valence-electron chi connectivity index (χ3n) is 6.33. The number of amides is 1. The molecule has 0 aliphatic carbocycles. The monoisotopic (exact) mass is 461 g/mol. The molecule has 0 saturated carbocycles. The Hall–Kier alpha value is -4.01. The molecule has 9 heteroatoms. The highest BCUT2D eigenvalue weighted by Crippen LogP contribution is 2.32. The summed E-state index contributed by atoms with van der Waals surface area (Å²) >= 11 is 0. The van der Waals surface area contributed by atoms with E-state index in [1.54, 1.807) is 20.3 Å². The maximum absolute atomic E-state index is 12.7. The number of hydrogen-bond acceptors (Lipinski definition) is 7. The Balaban J connectivity index is 1.48. The van der Waals surface area contributed by atoms with Crippen LogP contribution < -0.4 is 14.4 Å². The molecule has 9 nitrogen and oxygen atoms in total. The van der Waals surface area contributed by atoms with Gasteiger partial charge in [0.05, 0.1) is 31.7 Å². The predicted octanol–water partition coefficient (Wildman–Crippen LogP) is 3.59. The molecular weight excluding hydrogens is 434 g/mol. The first-order valence-corrected chi connectivity index (χ1v) is 11.2. The Morgan fingerprint density at radius 3 is 2.32 bits per heavy atom. The number of carbonyl (C=O) groups is 1. The first-order chi connectivity index (χ1) is 16.5. The number of benzene rings is 1. The van der Waals surface area contributed by atoms with Gasteiger partial charge in [-0.1, -0.05) is 0 Å². The molecule has 34 heavy (non-hydrogen) atoms. The second-order valence-electron chi connectivity index (χ2n) is 8.34. The van der Waals surface area contributed by atoms with Crippen LogP contribution >= 0.6 is 0 Å². The van der Waals surface area contributed by atoms with E-state index in [-0.39, 0.29) is 5.91 Å². The Morgan fingerprint density at radius 2 is 1.71 bits per heavy atom. The number of nitrogens with zero attached hydrogens (tertiary/aromatic N) is 5. The van der Waals surface area contributed by atoms with Crippen molar-refractivity contribution in [3.63, 3.8) is 0 Å². The van der Waals surface area contributed by atoms with Crippen LogP contribution in [0.5, 0.6) is 11.5 Å². The second-order valence-corrected chi connectivity index (χ2v) is 8.34. The molecule has 0 spiro atoms. The van der Waals surface area contributed by atoms with Gasteiger partial charge in [-0.25, -0.2) is 4.98 Å². The number of carbonyl (C=O) groups excluding carboxylic acids is 1. The van der Waals surface area contributed by atoms with E-state index >= 15 is 0 Å². The molecule has 1 aliphatic rings. The van der Waals surface area contributed by atoms with Crippen LogP contribution in [0.15, 0.2) is 47.3 Å². The van der Waals surface area contributed by atoms with Gasteiger partial charge in [-0.05, 0) is 32.0 Å². The van der Waals surface area contributed by atoms with Crippen LogP contribution in [-0.2, 0) is 0 Å². The van der Waals surface area contributed by atoms with Crippen molar-refractivity contribution < 1.29 is 18.7 Å². The highest BCUT2D eigenvalue weighted by Gasteiger charge is 2.26. The minimum atomic E-state index is -0.00507. The Kier molecular flexibility index (Phi) is 5.61. The molecule has 1 aliphatic heterocycles. The van der Waals surface area contributed by atoms with Crippen LogP contribution in [0.3, 0.4) is 0 Å². The average Bonchev–Trinajstić information content (AvgIpc) is 3.54. The van der Waals surface area contributed by atoms with Crippen molar-refractivity contribution in [3.8, 4) is 22.8 Å². The van der Waals surface area contributed by atoms with Gasteiger partial charge in [0.25, 0.3) is 5.91 Å². The zero-order valence-electron chi connectivity index (χ0n) is 19.7. The van der Waals surface area contributed by atoms with Crippen LogP contribution in [0.4, 0.5) is 5.82 Å². The van der Waals surface area contributed by atoms with Crippen molar-refractivity contribution in [1.29, 1.82) is 0 Å². The van der Waals surface area contributed by atoms with Gasteiger partial charge in [0.15, 0.2) is 5.65 Å². The Morgan fingerprint density at radius 1 is 1.00 bits per heavy atom. The Bertz CT molecular complexity index is 1320. The molecular formula is C25H27N5O4. The van der Waals surface area contributed by atoms with Gasteiger partial charge in [-0.15, -0.1) is 0 Å². The fourth-order valence-electron chi connectivity index (χ4n) is 4.34. The van der Waals surface area contributed by atoms with Gasteiger partial charge in [0.2, 0.25) is 0 Å². The van der Waals surface area contributed by atoms with Crippen LogP contribution in [0.2, 0.25) is 0 Å². The van der Waals surface area contributed by atoms with E-state index in [0.29, 0.717) is 43.2 Å². The number of furan rings is 1. The van der Waals surface area contributed by atoms with E-state index in [1.807, 2.05) is 40.6 Å². The van der Waals surface area contributed by atoms with Crippen molar-refractivity contribution in [2.24, 2.45) is 0 Å². The largest absolute Gasteiger partial charge is 0.497 e. The molecule has 4 aromatic rings. The molecule has 0 unspecified atom stereocenters. The number of ether oxygens (including phenoxy) is 2. The maximum Gasteiger partial charge on any atom is 0.257 e. The lowest BCUT2D eigenvalue weighted by molar-refractivity contribution is 0.0745. The number of rotatable bonds is 5. The Labute approximate surface area is 197 Å². The van der Waals surface area contributed by atoms with Crippen LogP contribution in [0, 0.1) is 13.8 Å². The summed E-state index contributed by atoms with van der Waals surface area (Å²) in [7, 11) is 3.26. The molecule has 4 heterocycles. The fraction of sp³-hybridized carbons (Fsp3) is 0.320. The summed E-state index contributed by atoms with van der Waals surface area (Å²) in [5.41, 5.74) is 5.04. The highest BCUT2D eigenvalue weighted by atomic mass is 16.5. The first-order valence-electron chi connectivity index (χ1n) is 11.2. The second kappa shape index (κ2) is 8.74. The van der Waals surface area contributed by atoms with Gasteiger partial charge >= 0.3 is 0 Å². The molecule has 176 valence electrons. The molecule has 5 rings (SSSR count). The topological polar surface area (TPSA) is 85.3 Å². The quantitative estimate of drug-likeness (QED) is 0.449. The van der Waals surface area contributed by atoms with E-state index in [2.05, 4.69) is 11.8 Å². The van der Waals surface area contributed by atoms with E-state index in [0.717, 1.165) is 34.0 Å². The number of fused-ring (bicyclic) bond motifs is 1. The SMILES string of the molecule is COc1cc(OC)cc(-c2cc3nc(C)c(C)c(N4CCN(C(=O)c5ccoc5)CC4)n3n2)c1. The van der Waals surface area contributed by atoms with Crippen molar-refractivity contribution in [2.75, 3.05) is 45.3 Å². The summed E-state index contributed by atoms with van der Waals surface area (Å²) in [6, 6.07) is 9.38. The van der Waals surface area contributed by atoms with Crippen molar-refractivity contribution in [1.82, 2.24) is 19.5 Å². The minimum Gasteiger partial charge on any atom is -0.497 e. The lowest BCUT2D eigenvalue weighted by Gasteiger charge is -2.36. The van der Waals surface area contributed by atoms with E-state index in [9.17, 15) is 4.79 Å². The molecule has 0 atom stereocenters. The van der Waals surface area contributed by atoms with Gasteiger partial charge in [-0.3, -0.25) is 4.79 Å². The summed E-state index contributed by atoms with van der Waals surface area (Å²) in [6.07, 6.45) is 3.02. The summed E-state index contributed by atoms with van der Waals surface area (Å²) in [5.74, 6) is 2.39. The molecule has 3 aromatic heterocycles. The van der Waals surface area contributed by atoms with Gasteiger partial charge in [0.1, 0.15) is 23.6 Å². The molecule has 0 radical (unpaired) electrons. The normalized spacial score (nSPS) is 14.0. The van der Waals surface area contributed by atoms with Crippen LogP contribution in [0.25, 0.3) is 16.9 Å². The third kappa shape index (κ3) is 3.83. The standard InChI is InChI=1S/C25H27N5O4/c1-16-17(2)26-23-14-22(19-11-20(32-3)13-21(12-19)33-4)27-30(23)24(16)28-6-8-29(9-7-28)25(31)18-5-10-34-15-18/h5,10-15H,6-9H2,1-4H3. The molecule has 1 aromatic carbocycles. The molecule has 0 N–H and O–H groups in total. The fourth-order valence-corrected chi connectivity index (χ4v) is 4.34. The number of aromatic nitrogens is 3. The zero-order valence-corrected chi connectivity index (χ0v) is 19.7. The van der Waals surface area contributed by atoms with Crippen molar-refractivity contribution >= 4 is 17.4 Å². The lowest BCUT2D eigenvalue weighted by Crippen LogP contribution is -2.49. The number of aryl methyl sites for hydroxylation is 1. The molecule has 1 saturated heterocycles. The summed E-state index contributed by atoms with van der Waals surface area (Å²) < 4.78 is 17.8. The number of hydrogen-bond donors (Lipinski definition) is 0. The van der Waals surface area contributed by atoms with E-state index < -0.39 is 0 Å². The smallest absolute Gasteiger partial charge is 0.257 e. The highest BCUT2D eigenvalue weighted by molar-refractivity contribution is 5.94. The zero-order chi connectivity index (χ0) is 23.8. The van der Waals surface area contributed by atoms with Gasteiger partial charge in [-0.2, -0.15) is 9.61 Å². The van der Waals surface area contributed by atoms with Crippen molar-refractivity contribution in [3.05, 3.63) is 59.7 Å². The van der Waals surface area contributed by atoms with Gasteiger partial charge in [0, 0.05) is 55.1 Å². The summed E-state index contributed by atoms with van der Waals surface area (Å²) in [4.78, 5) is 21.6. The summed E-state index contributed by atoms with van der Waals surface area (Å²) in [6.45, 7) is 6.71. The predicted molar refractivity (Wildman–Crippen MR) is 128 cm³/mol. The average molecular weight is 462 g/mol. The minimum absolute atomic E-state index is 0.00507. The lowest BCUT2D eigenvalue weighted by atomic mass is 10.1. The van der Waals surface area contributed by atoms with Crippen LogP contribution in [0.1, 0.15) is 21.6 Å². The maximum atomic E-state index is 12.7. The van der Waals surface area contributed by atoms with Crippen LogP contribution in [-0.4, -0.2) is 65.8 Å². The number of piperazine rings is 1. The molecule has 1 fully saturated rings. The van der Waals surface area contributed by atoms with Gasteiger partial charge < -0.3 is 23.7 Å². The molecule has 1 amide bonds. The van der Waals surface area contributed by atoms with E-state index in [4.69, 9.17) is 24.0 Å². The number of methoxy groups -OCH3 is 2. The summed E-state index contributed by atoms with van der Waals surface area (Å²) in [5, 5.41) is 4.91. The van der Waals surface area contributed by atoms with E-state index in [1.165, 1.54) is 12.5 Å². The number of anilines is 1. The third-order valence-corrected chi connectivity index (χ3v) is 6.33. The first kappa shape index (κ1) is 21.8. The molecule has 0 bridgehead atoms. The van der Waals surface area contributed by atoms with Crippen molar-refractivity contribution in [2.45, 2.75) is 13.8 Å².